The molecule has 0 aromatic heterocycles. The van der Waals surface area contributed by atoms with Crippen LogP contribution < -0.4 is 5.32 Å². The van der Waals surface area contributed by atoms with Crippen molar-refractivity contribution >= 4 is 5.91 Å². The molecule has 1 fully saturated rings. The summed E-state index contributed by atoms with van der Waals surface area (Å²) in [5.41, 5.74) is 0. The van der Waals surface area contributed by atoms with Gasteiger partial charge >= 0.3 is 0 Å². The minimum Gasteiger partial charge on any atom is -0.394 e. The lowest BCUT2D eigenvalue weighted by molar-refractivity contribution is -0.302. The zero-order valence-electron chi connectivity index (χ0n) is 35.2. The number of rotatable bonds is 37. The monoisotopic (exact) mass is 780 g/mol. The van der Waals surface area contributed by atoms with Crippen LogP contribution in [-0.4, -0.2) is 87.5 Å². The van der Waals surface area contributed by atoms with Crippen LogP contribution in [0.5, 0.6) is 0 Å². The fourth-order valence-electron chi connectivity index (χ4n) is 7.01. The second-order valence-corrected chi connectivity index (χ2v) is 15.8. The molecule has 1 aliphatic heterocycles. The Morgan fingerprint density at radius 3 is 1.56 bits per heavy atom. The van der Waals surface area contributed by atoms with Crippen LogP contribution in [0.4, 0.5) is 0 Å². The van der Waals surface area contributed by atoms with E-state index in [9.17, 15) is 30.3 Å². The summed E-state index contributed by atoms with van der Waals surface area (Å²) in [5.74, 6) is -0.184. The molecule has 1 saturated heterocycles. The van der Waals surface area contributed by atoms with Gasteiger partial charge in [0.05, 0.1) is 25.4 Å². The first-order valence-corrected chi connectivity index (χ1v) is 22.7. The fraction of sp³-hybridized carbons (Fsp3) is 0.848. The SMILES string of the molecule is CCCCCCC/C=C\C/C=C\CCCCCCCCCCCC(=O)NC(COC1OC(CO)C(O)C(O)C1O)C(O)/C=C/CCCCCCCCCCC. The van der Waals surface area contributed by atoms with Crippen molar-refractivity contribution < 1.29 is 39.8 Å². The third-order valence-corrected chi connectivity index (χ3v) is 10.7. The van der Waals surface area contributed by atoms with Crippen molar-refractivity contribution in [3.8, 4) is 0 Å². The van der Waals surface area contributed by atoms with E-state index in [0.717, 1.165) is 44.9 Å². The summed E-state index contributed by atoms with van der Waals surface area (Å²) >= 11 is 0. The van der Waals surface area contributed by atoms with E-state index in [1.807, 2.05) is 6.08 Å². The Kier molecular flexibility index (Phi) is 34.3. The highest BCUT2D eigenvalue weighted by Crippen LogP contribution is 2.22. The normalized spacial score (nSPS) is 21.6. The molecule has 1 aliphatic rings. The third-order valence-electron chi connectivity index (χ3n) is 10.7. The average Bonchev–Trinajstić information content (AvgIpc) is 3.18. The number of nitrogens with one attached hydrogen (secondary N) is 1. The van der Waals surface area contributed by atoms with Gasteiger partial charge in [-0.3, -0.25) is 4.79 Å². The quantitative estimate of drug-likeness (QED) is 0.0270. The summed E-state index contributed by atoms with van der Waals surface area (Å²) in [4.78, 5) is 12.9. The molecule has 1 heterocycles. The minimum absolute atomic E-state index is 0.184. The molecule has 1 amide bonds. The predicted octanol–water partition coefficient (Wildman–Crippen LogP) is 9.28. The Hall–Kier alpha value is -1.59. The highest BCUT2D eigenvalue weighted by molar-refractivity contribution is 5.76. The number of aliphatic hydroxyl groups is 5. The molecule has 0 saturated carbocycles. The maximum atomic E-state index is 12.9. The van der Waals surface area contributed by atoms with Gasteiger partial charge in [0.25, 0.3) is 0 Å². The molecule has 55 heavy (non-hydrogen) atoms. The Labute approximate surface area is 336 Å². The lowest BCUT2D eigenvalue weighted by Crippen LogP contribution is -2.60. The number of carbonyl (C=O) groups is 1. The van der Waals surface area contributed by atoms with Crippen LogP contribution >= 0.6 is 0 Å². The number of hydrogen-bond acceptors (Lipinski definition) is 8. The van der Waals surface area contributed by atoms with Crippen molar-refractivity contribution in [1.29, 1.82) is 0 Å². The van der Waals surface area contributed by atoms with Gasteiger partial charge in [-0.1, -0.05) is 172 Å². The molecular formula is C46H85NO8. The standard InChI is InChI=1S/C46H85NO8/c1-3-5-7-9-11-13-15-16-17-18-19-20-21-22-23-24-26-28-30-32-34-36-42(50)47-39(38-54-46-45(53)44(52)43(51)41(37-48)55-46)40(49)35-33-31-29-27-25-14-12-10-8-6-4-2/h15-16,18-19,33,35,39-41,43-46,48-49,51-53H,3-14,17,20-32,34,36-38H2,1-2H3,(H,47,50)/b16-15-,19-18-,35-33+. The zero-order valence-corrected chi connectivity index (χ0v) is 35.2. The summed E-state index contributed by atoms with van der Waals surface area (Å²) in [5, 5.41) is 54.1. The van der Waals surface area contributed by atoms with Crippen LogP contribution in [0, 0.1) is 0 Å². The van der Waals surface area contributed by atoms with Crippen molar-refractivity contribution in [1.82, 2.24) is 5.32 Å². The Balaban J connectivity index is 2.31. The van der Waals surface area contributed by atoms with Crippen LogP contribution in [-0.2, 0) is 14.3 Å². The van der Waals surface area contributed by atoms with Gasteiger partial charge in [0.2, 0.25) is 5.91 Å². The van der Waals surface area contributed by atoms with Crippen molar-refractivity contribution in [3.05, 3.63) is 36.5 Å². The lowest BCUT2D eigenvalue weighted by Gasteiger charge is -2.40. The molecule has 0 radical (unpaired) electrons. The van der Waals surface area contributed by atoms with E-state index in [-0.39, 0.29) is 12.5 Å². The number of ether oxygens (including phenoxy) is 2. The number of allylic oxidation sites excluding steroid dienone is 5. The maximum Gasteiger partial charge on any atom is 0.220 e. The highest BCUT2D eigenvalue weighted by Gasteiger charge is 2.44. The van der Waals surface area contributed by atoms with E-state index < -0.39 is 49.5 Å². The van der Waals surface area contributed by atoms with Gasteiger partial charge in [0.15, 0.2) is 6.29 Å². The smallest absolute Gasteiger partial charge is 0.220 e. The second-order valence-electron chi connectivity index (χ2n) is 15.8. The molecule has 7 atom stereocenters. The van der Waals surface area contributed by atoms with Gasteiger partial charge in [0, 0.05) is 6.42 Å². The molecule has 0 spiro atoms. The predicted molar refractivity (Wildman–Crippen MR) is 226 cm³/mol. The van der Waals surface area contributed by atoms with Crippen molar-refractivity contribution in [2.75, 3.05) is 13.2 Å². The summed E-state index contributed by atoms with van der Waals surface area (Å²) in [6.45, 7) is 3.74. The molecule has 0 aliphatic carbocycles. The highest BCUT2D eigenvalue weighted by atomic mass is 16.7. The Morgan fingerprint density at radius 1 is 0.618 bits per heavy atom. The lowest BCUT2D eigenvalue weighted by atomic mass is 9.99. The molecule has 9 heteroatoms. The van der Waals surface area contributed by atoms with Crippen LogP contribution in [0.3, 0.4) is 0 Å². The molecule has 0 aromatic carbocycles. The molecule has 322 valence electrons. The van der Waals surface area contributed by atoms with Gasteiger partial charge in [-0.2, -0.15) is 0 Å². The van der Waals surface area contributed by atoms with E-state index in [1.54, 1.807) is 6.08 Å². The number of amides is 1. The van der Waals surface area contributed by atoms with Crippen LogP contribution in [0.1, 0.15) is 194 Å². The second kappa shape index (κ2) is 36.7. The van der Waals surface area contributed by atoms with Gasteiger partial charge in [-0.15, -0.1) is 0 Å². The fourth-order valence-corrected chi connectivity index (χ4v) is 7.01. The van der Waals surface area contributed by atoms with E-state index in [2.05, 4.69) is 43.5 Å². The zero-order chi connectivity index (χ0) is 40.2. The summed E-state index contributed by atoms with van der Waals surface area (Å²) < 4.78 is 11.2. The summed E-state index contributed by atoms with van der Waals surface area (Å²) in [6.07, 6.45) is 37.6. The minimum atomic E-state index is -1.57. The van der Waals surface area contributed by atoms with Crippen molar-refractivity contribution in [3.63, 3.8) is 0 Å². The van der Waals surface area contributed by atoms with E-state index in [1.165, 1.54) is 128 Å². The van der Waals surface area contributed by atoms with Crippen molar-refractivity contribution in [2.45, 2.75) is 236 Å². The molecule has 0 bridgehead atoms. The largest absolute Gasteiger partial charge is 0.394 e. The van der Waals surface area contributed by atoms with Crippen molar-refractivity contribution in [2.24, 2.45) is 0 Å². The van der Waals surface area contributed by atoms with Crippen LogP contribution in [0.25, 0.3) is 0 Å². The topological polar surface area (TPSA) is 149 Å². The van der Waals surface area contributed by atoms with E-state index in [4.69, 9.17) is 9.47 Å². The number of hydrogen-bond donors (Lipinski definition) is 6. The third kappa shape index (κ3) is 27.6. The van der Waals surface area contributed by atoms with Gasteiger partial charge in [0.1, 0.15) is 24.4 Å². The van der Waals surface area contributed by atoms with Gasteiger partial charge in [-0.05, 0) is 51.4 Å². The molecule has 1 rings (SSSR count). The molecule has 0 aromatic rings. The number of unbranched alkanes of at least 4 members (excludes halogenated alkanes) is 23. The molecule has 9 nitrogen and oxygen atoms in total. The Bertz CT molecular complexity index is 956. The molecule has 7 unspecified atom stereocenters. The van der Waals surface area contributed by atoms with Crippen LogP contribution in [0.2, 0.25) is 0 Å². The molecule has 6 N–H and O–H groups in total. The summed E-state index contributed by atoms with van der Waals surface area (Å²) in [6, 6.07) is -0.804. The van der Waals surface area contributed by atoms with E-state index in [0.29, 0.717) is 6.42 Å². The first-order valence-electron chi connectivity index (χ1n) is 22.7. The van der Waals surface area contributed by atoms with Gasteiger partial charge in [-0.25, -0.2) is 0 Å². The molecular weight excluding hydrogens is 695 g/mol. The Morgan fingerprint density at radius 2 is 1.07 bits per heavy atom. The van der Waals surface area contributed by atoms with Gasteiger partial charge < -0.3 is 40.3 Å². The first-order chi connectivity index (χ1) is 26.8. The van der Waals surface area contributed by atoms with E-state index >= 15 is 0 Å². The van der Waals surface area contributed by atoms with Crippen LogP contribution in [0.15, 0.2) is 36.5 Å². The number of carbonyl (C=O) groups excluding carboxylic acids is 1. The summed E-state index contributed by atoms with van der Waals surface area (Å²) in [7, 11) is 0. The first kappa shape index (κ1) is 51.4. The average molecular weight is 780 g/mol. The maximum absolute atomic E-state index is 12.9. The number of aliphatic hydroxyl groups excluding tert-OH is 5.